The van der Waals surface area contributed by atoms with Crippen LogP contribution in [0.15, 0.2) is 23.1 Å². The van der Waals surface area contributed by atoms with Crippen molar-refractivity contribution in [1.82, 2.24) is 10.0 Å². The number of halogens is 1. The number of hydrogen-bond donors (Lipinski definition) is 3. The van der Waals surface area contributed by atoms with Crippen LogP contribution in [0.3, 0.4) is 0 Å². The van der Waals surface area contributed by atoms with Crippen LogP contribution in [-0.4, -0.2) is 46.7 Å². The number of carbonyl (C=O) groups is 1. The van der Waals surface area contributed by atoms with Gasteiger partial charge >= 0.3 is 0 Å². The molecule has 1 heterocycles. The van der Waals surface area contributed by atoms with E-state index in [0.717, 1.165) is 19.3 Å². The number of carbonyl (C=O) groups excluding carboxylic acids is 1. The first-order valence-corrected chi connectivity index (χ1v) is 10.8. The van der Waals surface area contributed by atoms with Gasteiger partial charge in [0.1, 0.15) is 13.2 Å². The number of nitrogens with one attached hydrogen (secondary N) is 2. The summed E-state index contributed by atoms with van der Waals surface area (Å²) in [4.78, 5) is 11.8. The molecule has 1 aliphatic rings. The Kier molecular flexibility index (Phi) is 10.6. The molecule has 0 bridgehead atoms. The molecule has 0 spiro atoms. The highest BCUT2D eigenvalue weighted by atomic mass is 35.5. The fourth-order valence-electron chi connectivity index (χ4n) is 2.60. The molecule has 0 fully saturated rings. The van der Waals surface area contributed by atoms with Crippen molar-refractivity contribution in [2.45, 2.75) is 50.0 Å². The minimum Gasteiger partial charge on any atom is -0.486 e. The van der Waals surface area contributed by atoms with Crippen molar-refractivity contribution in [3.05, 3.63) is 18.2 Å². The van der Waals surface area contributed by atoms with Crippen molar-refractivity contribution in [3.8, 4) is 11.5 Å². The lowest BCUT2D eigenvalue weighted by atomic mass is 10.2. The molecule has 10 heteroatoms. The zero-order valence-corrected chi connectivity index (χ0v) is 17.7. The summed E-state index contributed by atoms with van der Waals surface area (Å²) in [5.41, 5.74) is 5.62. The molecule has 8 nitrogen and oxygen atoms in total. The highest BCUT2D eigenvalue weighted by Gasteiger charge is 2.18. The number of nitrogens with two attached hydrogens (primary N) is 1. The first kappa shape index (κ1) is 24.5. The zero-order valence-electron chi connectivity index (χ0n) is 16.1. The third kappa shape index (κ3) is 8.22. The summed E-state index contributed by atoms with van der Waals surface area (Å²) in [6, 6.07) is 4.66. The van der Waals surface area contributed by atoms with E-state index in [1.165, 1.54) is 12.1 Å². The molecular weight excluding hydrogens is 406 g/mol. The van der Waals surface area contributed by atoms with Gasteiger partial charge in [-0.3, -0.25) is 4.79 Å². The van der Waals surface area contributed by atoms with Crippen LogP contribution in [0.4, 0.5) is 0 Å². The van der Waals surface area contributed by atoms with Crippen LogP contribution in [0.5, 0.6) is 11.5 Å². The Morgan fingerprint density at radius 3 is 2.57 bits per heavy atom. The normalized spacial score (nSPS) is 14.1. The third-order valence-electron chi connectivity index (χ3n) is 4.12. The summed E-state index contributed by atoms with van der Waals surface area (Å²) in [5.74, 6) is 1.01. The van der Waals surface area contributed by atoms with E-state index in [9.17, 15) is 13.2 Å². The maximum atomic E-state index is 12.4. The molecule has 4 N–H and O–H groups in total. The van der Waals surface area contributed by atoms with Crippen molar-refractivity contribution in [3.63, 3.8) is 0 Å². The monoisotopic (exact) mass is 435 g/mol. The smallest absolute Gasteiger partial charge is 0.240 e. The van der Waals surface area contributed by atoms with Crippen LogP contribution >= 0.6 is 12.4 Å². The SMILES string of the molecule is CC(N)CCNC(=O)CCCCCNS(=O)(=O)c1ccc2c(c1)OCCO2.Cl. The summed E-state index contributed by atoms with van der Waals surface area (Å²) in [5, 5.41) is 2.82. The predicted molar refractivity (Wildman–Crippen MR) is 110 cm³/mol. The van der Waals surface area contributed by atoms with Gasteiger partial charge in [-0.05, 0) is 38.3 Å². The number of benzene rings is 1. The van der Waals surface area contributed by atoms with Crippen molar-refractivity contribution < 1.29 is 22.7 Å². The van der Waals surface area contributed by atoms with Gasteiger partial charge in [-0.25, -0.2) is 13.1 Å². The molecule has 28 heavy (non-hydrogen) atoms. The van der Waals surface area contributed by atoms with Gasteiger partial charge < -0.3 is 20.5 Å². The van der Waals surface area contributed by atoms with E-state index in [2.05, 4.69) is 10.0 Å². The minimum absolute atomic E-state index is 0. The van der Waals surface area contributed by atoms with Crippen LogP contribution in [0.2, 0.25) is 0 Å². The summed E-state index contributed by atoms with van der Waals surface area (Å²) >= 11 is 0. The Hall–Kier alpha value is -1.55. The van der Waals surface area contributed by atoms with E-state index < -0.39 is 10.0 Å². The van der Waals surface area contributed by atoms with E-state index in [-0.39, 0.29) is 29.3 Å². The van der Waals surface area contributed by atoms with Gasteiger partial charge in [-0.15, -0.1) is 12.4 Å². The van der Waals surface area contributed by atoms with Gasteiger partial charge in [-0.1, -0.05) is 6.42 Å². The van der Waals surface area contributed by atoms with Gasteiger partial charge in [0.2, 0.25) is 15.9 Å². The van der Waals surface area contributed by atoms with Crippen LogP contribution in [0.25, 0.3) is 0 Å². The Labute approximate surface area is 173 Å². The van der Waals surface area contributed by atoms with Crippen molar-refractivity contribution in [2.75, 3.05) is 26.3 Å². The van der Waals surface area contributed by atoms with Crippen LogP contribution in [-0.2, 0) is 14.8 Å². The van der Waals surface area contributed by atoms with Gasteiger partial charge in [0.05, 0.1) is 4.90 Å². The molecule has 160 valence electrons. The second kappa shape index (κ2) is 12.1. The van der Waals surface area contributed by atoms with Crippen molar-refractivity contribution in [1.29, 1.82) is 0 Å². The third-order valence-corrected chi connectivity index (χ3v) is 5.58. The molecule has 0 saturated heterocycles. The maximum absolute atomic E-state index is 12.4. The number of sulfonamides is 1. The first-order valence-electron chi connectivity index (χ1n) is 9.30. The van der Waals surface area contributed by atoms with Gasteiger partial charge in [0.25, 0.3) is 0 Å². The Bertz CT molecular complexity index is 728. The Balaban J connectivity index is 0.00000392. The van der Waals surface area contributed by atoms with Crippen LogP contribution in [0.1, 0.15) is 39.0 Å². The van der Waals surface area contributed by atoms with Crippen molar-refractivity contribution >= 4 is 28.3 Å². The molecule has 1 aromatic carbocycles. The quantitative estimate of drug-likeness (QED) is 0.454. The minimum atomic E-state index is -3.59. The summed E-state index contributed by atoms with van der Waals surface area (Å²) in [6.07, 6.45) is 3.35. The second-order valence-corrected chi connectivity index (χ2v) is 8.40. The van der Waals surface area contributed by atoms with Crippen LogP contribution < -0.4 is 25.2 Å². The highest BCUT2D eigenvalue weighted by molar-refractivity contribution is 7.89. The standard InChI is InChI=1S/C18H29N3O5S.ClH/c1-14(19)8-10-20-18(22)5-3-2-4-9-21-27(23,24)15-6-7-16-17(13-15)26-12-11-25-16;/h6-7,13-14,21H,2-5,8-12,19H2,1H3,(H,20,22);1H. The van der Waals surface area contributed by atoms with Crippen molar-refractivity contribution in [2.24, 2.45) is 5.73 Å². The molecule has 0 radical (unpaired) electrons. The summed E-state index contributed by atoms with van der Waals surface area (Å²) in [6.45, 7) is 3.68. The molecule has 0 aliphatic carbocycles. The fourth-order valence-corrected chi connectivity index (χ4v) is 3.68. The maximum Gasteiger partial charge on any atom is 0.240 e. The molecule has 1 aromatic rings. The summed E-state index contributed by atoms with van der Waals surface area (Å²) in [7, 11) is -3.59. The number of ether oxygens (including phenoxy) is 2. The lowest BCUT2D eigenvalue weighted by Gasteiger charge is -2.18. The highest BCUT2D eigenvalue weighted by Crippen LogP contribution is 2.32. The molecule has 0 saturated carbocycles. The average Bonchev–Trinajstić information content (AvgIpc) is 2.63. The number of hydrogen-bond acceptors (Lipinski definition) is 6. The lowest BCUT2D eigenvalue weighted by Crippen LogP contribution is -2.28. The van der Waals surface area contributed by atoms with E-state index in [1.54, 1.807) is 6.07 Å². The van der Waals surface area contributed by atoms with Gasteiger partial charge in [0, 0.05) is 31.6 Å². The van der Waals surface area contributed by atoms with E-state index >= 15 is 0 Å². The molecule has 2 rings (SSSR count). The topological polar surface area (TPSA) is 120 Å². The summed E-state index contributed by atoms with van der Waals surface area (Å²) < 4.78 is 38.1. The molecule has 1 unspecified atom stereocenters. The molecule has 1 atom stereocenters. The molecular formula is C18H30ClN3O5S. The number of amides is 1. The molecule has 1 aliphatic heterocycles. The Morgan fingerprint density at radius 1 is 1.14 bits per heavy atom. The fraction of sp³-hybridized carbons (Fsp3) is 0.611. The average molecular weight is 436 g/mol. The van der Waals surface area contributed by atoms with Crippen LogP contribution in [0, 0.1) is 0 Å². The Morgan fingerprint density at radius 2 is 1.86 bits per heavy atom. The molecule has 0 aromatic heterocycles. The van der Waals surface area contributed by atoms with Gasteiger partial charge in [-0.2, -0.15) is 0 Å². The predicted octanol–water partition coefficient (Wildman–Crippen LogP) is 1.57. The number of unbranched alkanes of at least 4 members (excludes halogenated alkanes) is 2. The number of rotatable bonds is 11. The van der Waals surface area contributed by atoms with E-state index in [0.29, 0.717) is 50.6 Å². The van der Waals surface area contributed by atoms with E-state index in [4.69, 9.17) is 15.2 Å². The lowest BCUT2D eigenvalue weighted by molar-refractivity contribution is -0.121. The first-order chi connectivity index (χ1) is 12.9. The zero-order chi connectivity index (χ0) is 19.7. The number of fused-ring (bicyclic) bond motifs is 1. The van der Waals surface area contributed by atoms with E-state index in [1.807, 2.05) is 6.92 Å². The molecule has 1 amide bonds. The second-order valence-electron chi connectivity index (χ2n) is 6.63. The van der Waals surface area contributed by atoms with Gasteiger partial charge in [0.15, 0.2) is 11.5 Å². The largest absolute Gasteiger partial charge is 0.486 e.